The van der Waals surface area contributed by atoms with E-state index in [0.29, 0.717) is 0 Å². The third-order valence-electron chi connectivity index (χ3n) is 8.29. The Kier molecular flexibility index (Phi) is 4.61. The predicted molar refractivity (Wildman–Crippen MR) is 170 cm³/mol. The average molecular weight is 523 g/mol. The minimum Gasteiger partial charge on any atom is -0.455 e. The fourth-order valence-corrected chi connectivity index (χ4v) is 6.39. The minimum absolute atomic E-state index is 0.910. The number of furan rings is 1. The zero-order valence-corrected chi connectivity index (χ0v) is 22.0. The Labute approximate surface area is 235 Å². The average Bonchev–Trinajstić information content (AvgIpc) is 3.43. The highest BCUT2D eigenvalue weighted by molar-refractivity contribution is 6.28. The lowest BCUT2D eigenvalue weighted by molar-refractivity contribution is 0.670. The molecule has 9 rings (SSSR count). The summed E-state index contributed by atoms with van der Waals surface area (Å²) in [4.78, 5) is 10.0. The van der Waals surface area contributed by atoms with Gasteiger partial charge in [-0.05, 0) is 35.2 Å². The number of rotatable bonds is 2. The maximum atomic E-state index is 6.32. The van der Waals surface area contributed by atoms with Crippen molar-refractivity contribution in [3.05, 3.63) is 134 Å². The van der Waals surface area contributed by atoms with Gasteiger partial charge >= 0.3 is 0 Å². The summed E-state index contributed by atoms with van der Waals surface area (Å²) in [7, 11) is 0. The van der Waals surface area contributed by atoms with Crippen LogP contribution in [0.4, 0.5) is 0 Å². The molecule has 9 aromatic rings. The van der Waals surface area contributed by atoms with Crippen LogP contribution >= 0.6 is 0 Å². The number of hydrogen-bond donors (Lipinski definition) is 0. The van der Waals surface area contributed by atoms with E-state index in [1.807, 2.05) is 18.3 Å². The van der Waals surface area contributed by atoms with Crippen LogP contribution in [0.15, 0.2) is 138 Å². The zero-order chi connectivity index (χ0) is 26.9. The van der Waals surface area contributed by atoms with E-state index >= 15 is 0 Å². The van der Waals surface area contributed by atoms with E-state index in [2.05, 4.69) is 115 Å². The topological polar surface area (TPSA) is 38.9 Å². The fourth-order valence-electron chi connectivity index (χ4n) is 6.39. The minimum atomic E-state index is 0.910. The molecule has 0 aliphatic carbocycles. The Morgan fingerprint density at radius 3 is 2.10 bits per heavy atom. The molecule has 3 aromatic heterocycles. The highest BCUT2D eigenvalue weighted by atomic mass is 16.3. The molecular weight excluding hydrogens is 500 g/mol. The van der Waals surface area contributed by atoms with Gasteiger partial charge in [-0.3, -0.25) is 4.98 Å². The highest BCUT2D eigenvalue weighted by Crippen LogP contribution is 2.40. The van der Waals surface area contributed by atoms with Crippen LogP contribution in [0.3, 0.4) is 0 Å². The van der Waals surface area contributed by atoms with Crippen LogP contribution in [0.25, 0.3) is 87.7 Å². The summed E-state index contributed by atoms with van der Waals surface area (Å²) < 4.78 is 6.32. The molecule has 41 heavy (non-hydrogen) atoms. The van der Waals surface area contributed by atoms with Crippen LogP contribution < -0.4 is 0 Å². The van der Waals surface area contributed by atoms with Gasteiger partial charge < -0.3 is 4.42 Å². The Balaban J connectivity index is 1.29. The molecule has 0 amide bonds. The SMILES string of the molecule is c1ccc2c(c1)cnc1ccc3c(-c4ccc(-c5cccc6c5oc5ccccc56)cc4)nc4ccccc4c3c12. The van der Waals surface area contributed by atoms with Crippen LogP contribution in [0.5, 0.6) is 0 Å². The van der Waals surface area contributed by atoms with Crippen LogP contribution in [-0.2, 0) is 0 Å². The number of nitrogens with zero attached hydrogens (tertiary/aromatic N) is 2. The van der Waals surface area contributed by atoms with Crippen molar-refractivity contribution in [1.29, 1.82) is 0 Å². The normalized spacial score (nSPS) is 11.9. The number of benzene rings is 6. The third-order valence-corrected chi connectivity index (χ3v) is 8.29. The quantitative estimate of drug-likeness (QED) is 0.212. The zero-order valence-electron chi connectivity index (χ0n) is 22.0. The van der Waals surface area contributed by atoms with Gasteiger partial charge in [-0.25, -0.2) is 4.98 Å². The number of para-hydroxylation sites is 3. The Morgan fingerprint density at radius 2 is 1.20 bits per heavy atom. The first-order valence-electron chi connectivity index (χ1n) is 13.8. The molecule has 0 aliphatic heterocycles. The standard InChI is InChI=1S/C38H22N2O/c1-2-9-26-25(8-1)22-39-33-21-20-31-35(36(26)33)30-11-3-5-14-32(30)40-37(31)24-18-16-23(17-19-24)27-12-7-13-29-28-10-4-6-15-34(28)41-38(27)29/h1-22H. The summed E-state index contributed by atoms with van der Waals surface area (Å²) in [6.45, 7) is 0. The number of hydrogen-bond acceptors (Lipinski definition) is 3. The first kappa shape index (κ1) is 22.3. The van der Waals surface area contributed by atoms with E-state index in [1.54, 1.807) is 0 Å². The molecule has 0 N–H and O–H groups in total. The van der Waals surface area contributed by atoms with Gasteiger partial charge in [0.2, 0.25) is 0 Å². The molecular formula is C38H22N2O. The van der Waals surface area contributed by atoms with Crippen LogP contribution in [-0.4, -0.2) is 9.97 Å². The molecule has 0 bridgehead atoms. The molecule has 0 unspecified atom stereocenters. The van der Waals surface area contributed by atoms with Gasteiger partial charge in [-0.15, -0.1) is 0 Å². The van der Waals surface area contributed by atoms with Crippen molar-refractivity contribution in [1.82, 2.24) is 9.97 Å². The summed E-state index contributed by atoms with van der Waals surface area (Å²) in [6.07, 6.45) is 1.97. The fraction of sp³-hybridized carbons (Fsp3) is 0. The monoisotopic (exact) mass is 522 g/mol. The summed E-state index contributed by atoms with van der Waals surface area (Å²) in [5.74, 6) is 0. The lowest BCUT2D eigenvalue weighted by Gasteiger charge is -2.14. The number of pyridine rings is 2. The maximum Gasteiger partial charge on any atom is 0.143 e. The van der Waals surface area contributed by atoms with Crippen LogP contribution in [0, 0.1) is 0 Å². The second-order valence-corrected chi connectivity index (χ2v) is 10.6. The van der Waals surface area contributed by atoms with Crippen molar-refractivity contribution < 1.29 is 4.42 Å². The summed E-state index contributed by atoms with van der Waals surface area (Å²) in [5.41, 5.74) is 8.05. The molecule has 3 heterocycles. The molecule has 0 radical (unpaired) electrons. The van der Waals surface area contributed by atoms with Crippen molar-refractivity contribution in [2.24, 2.45) is 0 Å². The lowest BCUT2D eigenvalue weighted by atomic mass is 9.93. The van der Waals surface area contributed by atoms with E-state index in [-0.39, 0.29) is 0 Å². The molecule has 0 fully saturated rings. The predicted octanol–water partition coefficient (Wildman–Crippen LogP) is 10.3. The molecule has 3 heteroatoms. The van der Waals surface area contributed by atoms with Gasteiger partial charge in [-0.1, -0.05) is 103 Å². The maximum absolute atomic E-state index is 6.32. The Bertz CT molecular complexity index is 2470. The van der Waals surface area contributed by atoms with Gasteiger partial charge in [0.25, 0.3) is 0 Å². The van der Waals surface area contributed by atoms with Gasteiger partial charge in [0, 0.05) is 55.0 Å². The first-order chi connectivity index (χ1) is 20.3. The van der Waals surface area contributed by atoms with Crippen molar-refractivity contribution in [3.8, 4) is 22.4 Å². The van der Waals surface area contributed by atoms with Crippen molar-refractivity contribution in [2.75, 3.05) is 0 Å². The molecule has 0 aliphatic rings. The van der Waals surface area contributed by atoms with Crippen LogP contribution in [0.1, 0.15) is 0 Å². The highest BCUT2D eigenvalue weighted by Gasteiger charge is 2.16. The molecule has 6 aromatic carbocycles. The van der Waals surface area contributed by atoms with Gasteiger partial charge in [-0.2, -0.15) is 0 Å². The second kappa shape index (κ2) is 8.48. The smallest absolute Gasteiger partial charge is 0.143 e. The van der Waals surface area contributed by atoms with E-state index in [9.17, 15) is 0 Å². The van der Waals surface area contributed by atoms with E-state index in [4.69, 9.17) is 14.4 Å². The molecule has 190 valence electrons. The van der Waals surface area contributed by atoms with Gasteiger partial charge in [0.05, 0.1) is 16.7 Å². The van der Waals surface area contributed by atoms with E-state index in [1.165, 1.54) is 16.2 Å². The van der Waals surface area contributed by atoms with Gasteiger partial charge in [0.15, 0.2) is 0 Å². The summed E-state index contributed by atoms with van der Waals surface area (Å²) in [6, 6.07) is 44.5. The molecule has 0 atom stereocenters. The summed E-state index contributed by atoms with van der Waals surface area (Å²) in [5, 5.41) is 9.26. The first-order valence-corrected chi connectivity index (χ1v) is 13.8. The number of aromatic nitrogens is 2. The summed E-state index contributed by atoms with van der Waals surface area (Å²) >= 11 is 0. The van der Waals surface area contributed by atoms with Crippen LogP contribution in [0.2, 0.25) is 0 Å². The van der Waals surface area contributed by atoms with Crippen molar-refractivity contribution in [3.63, 3.8) is 0 Å². The lowest BCUT2D eigenvalue weighted by Crippen LogP contribution is -1.92. The molecule has 3 nitrogen and oxygen atoms in total. The van der Waals surface area contributed by atoms with Crippen molar-refractivity contribution in [2.45, 2.75) is 0 Å². The molecule has 0 saturated heterocycles. The molecule has 0 spiro atoms. The largest absolute Gasteiger partial charge is 0.455 e. The number of fused-ring (bicyclic) bond motifs is 10. The second-order valence-electron chi connectivity index (χ2n) is 10.6. The van der Waals surface area contributed by atoms with Crippen molar-refractivity contribution >= 4 is 65.3 Å². The van der Waals surface area contributed by atoms with E-state index < -0.39 is 0 Å². The van der Waals surface area contributed by atoms with Gasteiger partial charge in [0.1, 0.15) is 11.2 Å². The van der Waals surface area contributed by atoms with E-state index in [0.717, 1.165) is 71.5 Å². The third kappa shape index (κ3) is 3.26. The molecule has 0 saturated carbocycles. The Morgan fingerprint density at radius 1 is 0.463 bits per heavy atom. The Hall–Kier alpha value is -5.54.